The monoisotopic (exact) mass is 368 g/mol. The van der Waals surface area contributed by atoms with Gasteiger partial charge in [0.2, 0.25) is 5.76 Å². The fourth-order valence-electron chi connectivity index (χ4n) is 3.46. The Labute approximate surface area is 155 Å². The van der Waals surface area contributed by atoms with Crippen molar-refractivity contribution < 1.29 is 9.21 Å². The molecule has 5 nitrogen and oxygen atoms in total. The first-order chi connectivity index (χ1) is 12.5. The van der Waals surface area contributed by atoms with Gasteiger partial charge in [0.05, 0.1) is 16.6 Å². The highest BCUT2D eigenvalue weighted by Crippen LogP contribution is 2.37. The van der Waals surface area contributed by atoms with E-state index in [4.69, 9.17) is 16.0 Å². The number of hydrogen-bond acceptors (Lipinski definition) is 4. The first-order valence-corrected chi connectivity index (χ1v) is 8.89. The molecule has 0 radical (unpaired) electrons. The normalized spacial score (nSPS) is 16.3. The number of benzene rings is 1. The second-order valence-electron chi connectivity index (χ2n) is 6.43. The minimum Gasteiger partial charge on any atom is -0.450 e. The van der Waals surface area contributed by atoms with E-state index in [1.165, 1.54) is 0 Å². The van der Waals surface area contributed by atoms with Crippen LogP contribution in [0.4, 0.5) is 0 Å². The summed E-state index contributed by atoms with van der Waals surface area (Å²) in [5.74, 6) is -0.169. The number of halogens is 1. The number of rotatable bonds is 3. The molecule has 1 aliphatic heterocycles. The molecule has 0 N–H and O–H groups in total. The van der Waals surface area contributed by atoms with Gasteiger partial charge in [-0.1, -0.05) is 24.6 Å². The zero-order valence-corrected chi connectivity index (χ0v) is 15.2. The molecule has 4 rings (SSSR count). The first kappa shape index (κ1) is 16.8. The number of carbonyl (C=O) groups is 1. The van der Waals surface area contributed by atoms with Crippen LogP contribution in [0.25, 0.3) is 11.0 Å². The van der Waals surface area contributed by atoms with Gasteiger partial charge in [-0.3, -0.25) is 14.6 Å². The van der Waals surface area contributed by atoms with Crippen molar-refractivity contribution in [3.8, 4) is 0 Å². The molecule has 0 saturated carbocycles. The second-order valence-corrected chi connectivity index (χ2v) is 6.83. The van der Waals surface area contributed by atoms with E-state index in [2.05, 4.69) is 4.98 Å². The molecule has 1 amide bonds. The molecule has 1 unspecified atom stereocenters. The van der Waals surface area contributed by atoms with Crippen molar-refractivity contribution in [3.05, 3.63) is 74.4 Å². The van der Waals surface area contributed by atoms with E-state index in [1.54, 1.807) is 29.3 Å². The molecule has 0 saturated heterocycles. The molecular formula is C20H17ClN2O3. The molecule has 2 aromatic heterocycles. The Hall–Kier alpha value is -2.66. The average Bonchev–Trinajstić information content (AvgIpc) is 2.91. The Kier molecular flexibility index (Phi) is 4.04. The van der Waals surface area contributed by atoms with Gasteiger partial charge in [-0.15, -0.1) is 0 Å². The highest BCUT2D eigenvalue weighted by molar-refractivity contribution is 6.32. The first-order valence-electron chi connectivity index (χ1n) is 8.51. The fraction of sp³-hybridized carbons (Fsp3) is 0.250. The Morgan fingerprint density at radius 3 is 2.77 bits per heavy atom. The van der Waals surface area contributed by atoms with Crippen LogP contribution < -0.4 is 5.43 Å². The maximum Gasteiger partial charge on any atom is 0.290 e. The minimum atomic E-state index is -0.542. The van der Waals surface area contributed by atoms with Crippen LogP contribution in [0.15, 0.2) is 45.7 Å². The Morgan fingerprint density at radius 2 is 2.08 bits per heavy atom. The molecule has 6 heteroatoms. The summed E-state index contributed by atoms with van der Waals surface area (Å²) in [6.45, 7) is 4.33. The van der Waals surface area contributed by atoms with Gasteiger partial charge in [0.25, 0.3) is 5.91 Å². The van der Waals surface area contributed by atoms with E-state index < -0.39 is 6.04 Å². The summed E-state index contributed by atoms with van der Waals surface area (Å²) < 4.78 is 5.88. The van der Waals surface area contributed by atoms with E-state index >= 15 is 0 Å². The highest BCUT2D eigenvalue weighted by Gasteiger charge is 2.42. The van der Waals surface area contributed by atoms with Crippen LogP contribution in [-0.2, 0) is 0 Å². The molecule has 0 spiro atoms. The van der Waals surface area contributed by atoms with Crippen molar-refractivity contribution in [2.75, 3.05) is 6.54 Å². The zero-order chi connectivity index (χ0) is 18.4. The Balaban J connectivity index is 2.04. The van der Waals surface area contributed by atoms with Crippen LogP contribution >= 0.6 is 11.6 Å². The van der Waals surface area contributed by atoms with Crippen molar-refractivity contribution in [1.82, 2.24) is 9.88 Å². The number of fused-ring (bicyclic) bond motifs is 2. The Morgan fingerprint density at radius 1 is 1.27 bits per heavy atom. The van der Waals surface area contributed by atoms with Crippen LogP contribution in [0.2, 0.25) is 5.02 Å². The summed E-state index contributed by atoms with van der Waals surface area (Å²) in [5, 5.41) is 0.875. The van der Waals surface area contributed by atoms with Gasteiger partial charge in [-0.05, 0) is 43.2 Å². The second kappa shape index (κ2) is 6.25. The number of pyridine rings is 1. The molecule has 132 valence electrons. The van der Waals surface area contributed by atoms with E-state index in [9.17, 15) is 9.59 Å². The molecule has 0 fully saturated rings. The van der Waals surface area contributed by atoms with E-state index in [1.807, 2.05) is 26.0 Å². The predicted molar refractivity (Wildman–Crippen MR) is 99.6 cm³/mol. The van der Waals surface area contributed by atoms with Gasteiger partial charge < -0.3 is 9.32 Å². The molecule has 1 atom stereocenters. The largest absolute Gasteiger partial charge is 0.450 e. The number of nitrogens with zero attached hydrogens (tertiary/aromatic N) is 2. The third kappa shape index (κ3) is 2.42. The third-order valence-electron chi connectivity index (χ3n) is 4.68. The van der Waals surface area contributed by atoms with Gasteiger partial charge in [-0.25, -0.2) is 0 Å². The molecule has 1 aromatic carbocycles. The molecule has 0 aliphatic carbocycles. The third-order valence-corrected chi connectivity index (χ3v) is 5.09. The summed E-state index contributed by atoms with van der Waals surface area (Å²) in [5.41, 5.74) is 1.93. The lowest BCUT2D eigenvalue weighted by atomic mass is 10.0. The van der Waals surface area contributed by atoms with Gasteiger partial charge in [0.1, 0.15) is 11.6 Å². The maximum absolute atomic E-state index is 13.2. The number of amides is 1. The summed E-state index contributed by atoms with van der Waals surface area (Å²) in [6, 6.07) is 8.24. The van der Waals surface area contributed by atoms with E-state index in [0.29, 0.717) is 33.8 Å². The fourth-order valence-corrected chi connectivity index (χ4v) is 3.62. The molecule has 3 heterocycles. The molecule has 26 heavy (non-hydrogen) atoms. The molecule has 0 bridgehead atoms. The van der Waals surface area contributed by atoms with Gasteiger partial charge >= 0.3 is 0 Å². The number of aromatic nitrogens is 1. The topological polar surface area (TPSA) is 63.4 Å². The predicted octanol–water partition coefficient (Wildman–Crippen LogP) is 4.11. The van der Waals surface area contributed by atoms with Gasteiger partial charge in [-0.2, -0.15) is 0 Å². The van der Waals surface area contributed by atoms with Crippen LogP contribution in [0.1, 0.15) is 46.8 Å². The molecule has 1 aliphatic rings. The summed E-state index contributed by atoms with van der Waals surface area (Å²) in [6.07, 6.45) is 2.42. The van der Waals surface area contributed by atoms with Crippen molar-refractivity contribution in [1.29, 1.82) is 0 Å². The van der Waals surface area contributed by atoms with Crippen LogP contribution in [0.3, 0.4) is 0 Å². The standard InChI is InChI=1S/C20H17ClN2O3/c1-3-8-23-17(14-6-4-5-7-22-14)16-18(24)12-10-13(21)11(2)9-15(12)26-19(16)20(23)25/h4-7,9-10,17H,3,8H2,1-2H3. The summed E-state index contributed by atoms with van der Waals surface area (Å²) in [4.78, 5) is 32.2. The zero-order valence-electron chi connectivity index (χ0n) is 14.5. The number of carbonyl (C=O) groups excluding carboxylic acids is 1. The average molecular weight is 369 g/mol. The van der Waals surface area contributed by atoms with Crippen molar-refractivity contribution in [3.63, 3.8) is 0 Å². The van der Waals surface area contributed by atoms with Crippen LogP contribution in [0, 0.1) is 6.92 Å². The SMILES string of the molecule is CCCN1C(=O)c2oc3cc(C)c(Cl)cc3c(=O)c2C1c1ccccn1. The number of aryl methyl sites for hydroxylation is 1. The van der Waals surface area contributed by atoms with Crippen LogP contribution in [0.5, 0.6) is 0 Å². The maximum atomic E-state index is 13.2. The summed E-state index contributed by atoms with van der Waals surface area (Å²) >= 11 is 6.20. The molecular weight excluding hydrogens is 352 g/mol. The number of hydrogen-bond donors (Lipinski definition) is 0. The smallest absolute Gasteiger partial charge is 0.290 e. The van der Waals surface area contributed by atoms with Crippen molar-refractivity contribution in [2.45, 2.75) is 26.3 Å². The lowest BCUT2D eigenvalue weighted by Crippen LogP contribution is -2.30. The van der Waals surface area contributed by atoms with Crippen molar-refractivity contribution in [2.24, 2.45) is 0 Å². The van der Waals surface area contributed by atoms with Gasteiger partial charge in [0, 0.05) is 17.8 Å². The van der Waals surface area contributed by atoms with Crippen molar-refractivity contribution >= 4 is 28.5 Å². The molecule has 3 aromatic rings. The van der Waals surface area contributed by atoms with E-state index in [0.717, 1.165) is 12.0 Å². The Bertz CT molecular complexity index is 1080. The lowest BCUT2D eigenvalue weighted by molar-refractivity contribution is 0.0725. The van der Waals surface area contributed by atoms with Crippen LogP contribution in [-0.4, -0.2) is 22.3 Å². The van der Waals surface area contributed by atoms with E-state index in [-0.39, 0.29) is 17.1 Å². The van der Waals surface area contributed by atoms with Gasteiger partial charge in [0.15, 0.2) is 5.43 Å². The minimum absolute atomic E-state index is 0.105. The quantitative estimate of drug-likeness (QED) is 0.698. The lowest BCUT2D eigenvalue weighted by Gasteiger charge is -2.23. The highest BCUT2D eigenvalue weighted by atomic mass is 35.5. The summed E-state index contributed by atoms with van der Waals surface area (Å²) in [7, 11) is 0.